The number of carbonyl (C=O) groups is 1. The van der Waals surface area contributed by atoms with Crippen LogP contribution in [0.5, 0.6) is 0 Å². The molecule has 0 unspecified atom stereocenters. The number of nitrogens with zero attached hydrogens (tertiary/aromatic N) is 2. The maximum absolute atomic E-state index is 12.4. The van der Waals surface area contributed by atoms with Crippen LogP contribution in [0.2, 0.25) is 0 Å². The summed E-state index contributed by atoms with van der Waals surface area (Å²) in [6.07, 6.45) is 0.975. The Morgan fingerprint density at radius 3 is 2.61 bits per heavy atom. The molecular formula is C16H17N3O4. The maximum atomic E-state index is 12.4. The van der Waals surface area contributed by atoms with Crippen molar-refractivity contribution in [2.24, 2.45) is 0 Å². The number of H-pyrrole nitrogens is 1. The van der Waals surface area contributed by atoms with Crippen molar-refractivity contribution < 1.29 is 9.72 Å². The molecule has 1 aromatic carbocycles. The lowest BCUT2D eigenvalue weighted by atomic mass is 10.1. The second kappa shape index (κ2) is 6.43. The van der Waals surface area contributed by atoms with Crippen LogP contribution in [0.25, 0.3) is 0 Å². The average molecular weight is 315 g/mol. The highest BCUT2D eigenvalue weighted by atomic mass is 16.6. The second-order valence-corrected chi connectivity index (χ2v) is 5.45. The van der Waals surface area contributed by atoms with Gasteiger partial charge in [-0.05, 0) is 25.0 Å². The van der Waals surface area contributed by atoms with Gasteiger partial charge in [0.1, 0.15) is 5.56 Å². The second-order valence-electron chi connectivity index (χ2n) is 5.45. The summed E-state index contributed by atoms with van der Waals surface area (Å²) in [6, 6.07) is 6.88. The first-order valence-electron chi connectivity index (χ1n) is 6.98. The molecule has 0 bridgehead atoms. The molecule has 0 aliphatic carbocycles. The van der Waals surface area contributed by atoms with E-state index in [4.69, 9.17) is 0 Å². The number of rotatable bonds is 4. The van der Waals surface area contributed by atoms with Crippen molar-refractivity contribution in [1.29, 1.82) is 0 Å². The number of amides is 1. The van der Waals surface area contributed by atoms with Gasteiger partial charge in [-0.3, -0.25) is 19.7 Å². The first-order chi connectivity index (χ1) is 10.8. The fourth-order valence-corrected chi connectivity index (χ4v) is 2.29. The van der Waals surface area contributed by atoms with E-state index in [0.717, 1.165) is 29.0 Å². The van der Waals surface area contributed by atoms with Crippen LogP contribution in [0.4, 0.5) is 5.69 Å². The zero-order chi connectivity index (χ0) is 17.1. The minimum Gasteiger partial charge on any atom is -0.337 e. The Balaban J connectivity index is 2.28. The third kappa shape index (κ3) is 3.63. The number of carbonyl (C=O) groups excluding carboxylic acids is 1. The molecule has 1 aromatic heterocycles. The van der Waals surface area contributed by atoms with Gasteiger partial charge in [0, 0.05) is 19.7 Å². The Labute approximate surface area is 132 Å². The number of aryl methyl sites for hydroxylation is 2. The molecule has 2 aromatic rings. The molecule has 7 nitrogen and oxygen atoms in total. The molecule has 0 saturated heterocycles. The molecule has 2 rings (SSSR count). The van der Waals surface area contributed by atoms with E-state index in [1.54, 1.807) is 7.05 Å². The van der Waals surface area contributed by atoms with Crippen LogP contribution in [0.3, 0.4) is 0 Å². The van der Waals surface area contributed by atoms with Crippen LogP contribution in [0.15, 0.2) is 35.3 Å². The first-order valence-corrected chi connectivity index (χ1v) is 6.98. The molecule has 0 atom stereocenters. The van der Waals surface area contributed by atoms with Crippen molar-refractivity contribution in [2.45, 2.75) is 20.4 Å². The highest BCUT2D eigenvalue weighted by Crippen LogP contribution is 2.15. The molecule has 0 saturated carbocycles. The zero-order valence-electron chi connectivity index (χ0n) is 13.1. The molecule has 0 fully saturated rings. The van der Waals surface area contributed by atoms with Gasteiger partial charge in [0.2, 0.25) is 0 Å². The van der Waals surface area contributed by atoms with E-state index in [2.05, 4.69) is 4.98 Å². The Morgan fingerprint density at radius 2 is 2.00 bits per heavy atom. The largest absolute Gasteiger partial charge is 0.337 e. The van der Waals surface area contributed by atoms with Crippen molar-refractivity contribution >= 4 is 11.6 Å². The number of benzene rings is 1. The standard InChI is InChI=1S/C16H17N3O4/c1-10-4-5-12(11(2)6-10)9-18(3)16(21)14-7-13(19(22)23)8-17-15(14)20/h4-8H,9H2,1-3H3,(H,17,20). The monoisotopic (exact) mass is 315 g/mol. The predicted molar refractivity (Wildman–Crippen MR) is 85.4 cm³/mol. The zero-order valence-corrected chi connectivity index (χ0v) is 13.1. The van der Waals surface area contributed by atoms with Crippen molar-refractivity contribution in [3.63, 3.8) is 0 Å². The number of hydrogen-bond acceptors (Lipinski definition) is 4. The Kier molecular flexibility index (Phi) is 4.59. The Hall–Kier alpha value is -2.96. The van der Waals surface area contributed by atoms with Crippen LogP contribution >= 0.6 is 0 Å². The fraction of sp³-hybridized carbons (Fsp3) is 0.250. The number of pyridine rings is 1. The molecule has 7 heteroatoms. The van der Waals surface area contributed by atoms with E-state index < -0.39 is 16.4 Å². The van der Waals surface area contributed by atoms with Gasteiger partial charge in [-0.1, -0.05) is 23.8 Å². The topological polar surface area (TPSA) is 96.3 Å². The Morgan fingerprint density at radius 1 is 1.30 bits per heavy atom. The van der Waals surface area contributed by atoms with Crippen molar-refractivity contribution in [3.8, 4) is 0 Å². The number of aromatic nitrogens is 1. The summed E-state index contributed by atoms with van der Waals surface area (Å²) in [5.41, 5.74) is 1.90. The van der Waals surface area contributed by atoms with Gasteiger partial charge in [-0.2, -0.15) is 0 Å². The minimum atomic E-state index is -0.656. The van der Waals surface area contributed by atoms with Crippen LogP contribution in [-0.2, 0) is 6.54 Å². The molecule has 1 amide bonds. The third-order valence-corrected chi connectivity index (χ3v) is 3.58. The minimum absolute atomic E-state index is 0.244. The summed E-state index contributed by atoms with van der Waals surface area (Å²) >= 11 is 0. The molecule has 0 radical (unpaired) electrons. The number of nitro groups is 1. The summed E-state index contributed by atoms with van der Waals surface area (Å²) in [6.45, 7) is 4.24. The number of hydrogen-bond donors (Lipinski definition) is 1. The lowest BCUT2D eigenvalue weighted by Gasteiger charge is -2.18. The summed E-state index contributed by atoms with van der Waals surface area (Å²) < 4.78 is 0. The van der Waals surface area contributed by atoms with E-state index in [1.807, 2.05) is 32.0 Å². The highest BCUT2D eigenvalue weighted by molar-refractivity contribution is 5.94. The third-order valence-electron chi connectivity index (χ3n) is 3.58. The normalized spacial score (nSPS) is 10.4. The van der Waals surface area contributed by atoms with Crippen molar-refractivity contribution in [1.82, 2.24) is 9.88 Å². The quantitative estimate of drug-likeness (QED) is 0.690. The predicted octanol–water partition coefficient (Wildman–Crippen LogP) is 2.17. The van der Waals surface area contributed by atoms with Gasteiger partial charge in [-0.25, -0.2) is 0 Å². The smallest absolute Gasteiger partial charge is 0.286 e. The van der Waals surface area contributed by atoms with E-state index >= 15 is 0 Å². The molecule has 0 spiro atoms. The summed E-state index contributed by atoms with van der Waals surface area (Å²) in [7, 11) is 1.56. The summed E-state index contributed by atoms with van der Waals surface area (Å²) in [5.74, 6) is -0.560. The van der Waals surface area contributed by atoms with E-state index in [1.165, 1.54) is 4.90 Å². The molecule has 23 heavy (non-hydrogen) atoms. The molecule has 0 aliphatic rings. The van der Waals surface area contributed by atoms with Crippen LogP contribution in [0, 0.1) is 24.0 Å². The molecular weight excluding hydrogens is 298 g/mol. The first kappa shape index (κ1) is 16.4. The average Bonchev–Trinajstić information content (AvgIpc) is 2.49. The number of aromatic amines is 1. The lowest BCUT2D eigenvalue weighted by molar-refractivity contribution is -0.385. The number of nitrogens with one attached hydrogen (secondary N) is 1. The van der Waals surface area contributed by atoms with Gasteiger partial charge in [0.15, 0.2) is 0 Å². The SMILES string of the molecule is Cc1ccc(CN(C)C(=O)c2cc([N+](=O)[O-])c[nH]c2=O)c(C)c1. The summed E-state index contributed by atoms with van der Waals surface area (Å²) in [5, 5.41) is 10.8. The van der Waals surface area contributed by atoms with Gasteiger partial charge >= 0.3 is 0 Å². The van der Waals surface area contributed by atoms with E-state index in [-0.39, 0.29) is 11.3 Å². The fourth-order valence-electron chi connectivity index (χ4n) is 2.29. The van der Waals surface area contributed by atoms with E-state index in [0.29, 0.717) is 6.54 Å². The van der Waals surface area contributed by atoms with Crippen LogP contribution in [0.1, 0.15) is 27.0 Å². The molecule has 120 valence electrons. The maximum Gasteiger partial charge on any atom is 0.286 e. The van der Waals surface area contributed by atoms with Crippen LogP contribution in [-0.4, -0.2) is 27.8 Å². The van der Waals surface area contributed by atoms with Gasteiger partial charge in [0.05, 0.1) is 11.1 Å². The van der Waals surface area contributed by atoms with Gasteiger partial charge in [0.25, 0.3) is 17.2 Å². The van der Waals surface area contributed by atoms with Gasteiger partial charge in [-0.15, -0.1) is 0 Å². The van der Waals surface area contributed by atoms with Crippen LogP contribution < -0.4 is 5.56 Å². The van der Waals surface area contributed by atoms with E-state index in [9.17, 15) is 19.7 Å². The summed E-state index contributed by atoms with van der Waals surface area (Å²) in [4.78, 5) is 37.9. The molecule has 1 N–H and O–H groups in total. The van der Waals surface area contributed by atoms with Crippen molar-refractivity contribution in [3.05, 3.63) is 73.2 Å². The molecule has 1 heterocycles. The van der Waals surface area contributed by atoms with Crippen molar-refractivity contribution in [2.75, 3.05) is 7.05 Å². The Bertz CT molecular complexity index is 826. The highest BCUT2D eigenvalue weighted by Gasteiger charge is 2.19. The lowest BCUT2D eigenvalue weighted by Crippen LogP contribution is -2.31. The van der Waals surface area contributed by atoms with Gasteiger partial charge < -0.3 is 9.88 Å². The molecule has 0 aliphatic heterocycles.